The van der Waals surface area contributed by atoms with Crippen LogP contribution in [-0.4, -0.2) is 9.38 Å². The van der Waals surface area contributed by atoms with Gasteiger partial charge in [-0.05, 0) is 26.0 Å². The summed E-state index contributed by atoms with van der Waals surface area (Å²) in [6.45, 7) is 3.01. The molecule has 0 spiro atoms. The highest BCUT2D eigenvalue weighted by molar-refractivity contribution is 5.56. The van der Waals surface area contributed by atoms with Gasteiger partial charge in [-0.3, -0.25) is 4.40 Å². The highest BCUT2D eigenvalue weighted by atomic mass is 19.4. The Morgan fingerprint density at radius 1 is 1.28 bits per heavy atom. The molecule has 2 aromatic rings. The molecule has 0 saturated carbocycles. The van der Waals surface area contributed by atoms with Gasteiger partial charge in [0, 0.05) is 6.20 Å². The lowest BCUT2D eigenvalue weighted by molar-refractivity contribution is -0.139. The lowest BCUT2D eigenvalue weighted by Crippen LogP contribution is -2.31. The number of hydrogen-bond acceptors (Lipinski definition) is 2. The van der Waals surface area contributed by atoms with E-state index in [0.29, 0.717) is 0 Å². The van der Waals surface area contributed by atoms with E-state index >= 15 is 0 Å². The molecule has 0 aliphatic rings. The molecule has 0 atom stereocenters. The predicted molar refractivity (Wildman–Crippen MR) is 57.4 cm³/mol. The molecule has 0 aliphatic carbocycles. The van der Waals surface area contributed by atoms with E-state index in [1.165, 1.54) is 26.1 Å². The Morgan fingerprint density at radius 2 is 1.89 bits per heavy atom. The molecule has 0 saturated heterocycles. The lowest BCUT2D eigenvalue weighted by atomic mass is 10.1. The molecule has 0 amide bonds. The molecule has 0 aliphatic heterocycles. The Morgan fingerprint density at radius 3 is 2.39 bits per heavy atom. The predicted octanol–water partition coefficient (Wildman–Crippen LogP) is 2.69. The van der Waals surface area contributed by atoms with Gasteiger partial charge in [-0.1, -0.05) is 0 Å². The first-order valence-corrected chi connectivity index (χ1v) is 5.15. The van der Waals surface area contributed by atoms with Crippen molar-refractivity contribution in [3.05, 3.63) is 35.7 Å². The van der Waals surface area contributed by atoms with Gasteiger partial charge in [0.25, 0.3) is 0 Å². The standard InChI is InChI=1S/C11H11F4N3/c1-10(2,16)9-17-8(11(13,14)15)7-6(12)4-3-5-18(7)9/h3-5H,16H2,1-2H3. The fraction of sp³-hybridized carbons (Fsp3) is 0.364. The summed E-state index contributed by atoms with van der Waals surface area (Å²) in [6.07, 6.45) is -3.42. The number of nitrogens with two attached hydrogens (primary N) is 1. The van der Waals surface area contributed by atoms with E-state index in [1.54, 1.807) is 0 Å². The molecule has 0 aromatic carbocycles. The number of hydrogen-bond donors (Lipinski definition) is 1. The number of imidazole rings is 1. The first-order chi connectivity index (χ1) is 8.12. The molecule has 0 unspecified atom stereocenters. The number of aromatic nitrogens is 2. The first-order valence-electron chi connectivity index (χ1n) is 5.15. The Hall–Kier alpha value is -1.63. The van der Waals surface area contributed by atoms with E-state index in [4.69, 9.17) is 5.73 Å². The Kier molecular flexibility index (Phi) is 2.62. The Bertz CT molecular complexity index is 593. The fourth-order valence-corrected chi connectivity index (χ4v) is 1.75. The van der Waals surface area contributed by atoms with Gasteiger partial charge in [-0.15, -0.1) is 0 Å². The lowest BCUT2D eigenvalue weighted by Gasteiger charge is -2.16. The highest BCUT2D eigenvalue weighted by Crippen LogP contribution is 2.34. The third-order valence-electron chi connectivity index (χ3n) is 2.46. The zero-order valence-corrected chi connectivity index (χ0v) is 9.72. The summed E-state index contributed by atoms with van der Waals surface area (Å²) in [7, 11) is 0. The van der Waals surface area contributed by atoms with Crippen molar-refractivity contribution in [2.45, 2.75) is 25.6 Å². The summed E-state index contributed by atoms with van der Waals surface area (Å²) in [5, 5.41) is 0. The molecule has 7 heteroatoms. The summed E-state index contributed by atoms with van der Waals surface area (Å²) in [4.78, 5) is 3.47. The summed E-state index contributed by atoms with van der Waals surface area (Å²) < 4.78 is 53.1. The molecule has 2 aromatic heterocycles. The smallest absolute Gasteiger partial charge is 0.319 e. The van der Waals surface area contributed by atoms with E-state index in [0.717, 1.165) is 10.5 Å². The van der Waals surface area contributed by atoms with E-state index in [9.17, 15) is 17.6 Å². The van der Waals surface area contributed by atoms with Crippen molar-refractivity contribution >= 4 is 5.52 Å². The Balaban J connectivity index is 2.89. The molecule has 0 fully saturated rings. The second kappa shape index (κ2) is 3.68. The van der Waals surface area contributed by atoms with Crippen molar-refractivity contribution in [2.24, 2.45) is 5.73 Å². The maximum atomic E-state index is 13.6. The van der Waals surface area contributed by atoms with Gasteiger partial charge >= 0.3 is 6.18 Å². The summed E-state index contributed by atoms with van der Waals surface area (Å²) in [6, 6.07) is 2.26. The fourth-order valence-electron chi connectivity index (χ4n) is 1.75. The van der Waals surface area contributed by atoms with Crippen LogP contribution in [0.4, 0.5) is 17.6 Å². The molecule has 2 rings (SSSR count). The zero-order valence-electron chi connectivity index (χ0n) is 9.72. The minimum atomic E-state index is -4.73. The number of rotatable bonds is 1. The molecule has 2 heterocycles. The van der Waals surface area contributed by atoms with Crippen molar-refractivity contribution in [3.63, 3.8) is 0 Å². The van der Waals surface area contributed by atoms with E-state index in [-0.39, 0.29) is 5.82 Å². The van der Waals surface area contributed by atoms with E-state index < -0.39 is 28.7 Å². The van der Waals surface area contributed by atoms with Crippen LogP contribution >= 0.6 is 0 Å². The number of nitrogens with zero attached hydrogens (tertiary/aromatic N) is 2. The zero-order chi connectivity index (χ0) is 13.7. The van der Waals surface area contributed by atoms with E-state index in [2.05, 4.69) is 4.98 Å². The minimum Gasteiger partial charge on any atom is -0.319 e. The van der Waals surface area contributed by atoms with Crippen LogP contribution in [0.1, 0.15) is 25.4 Å². The van der Waals surface area contributed by atoms with Crippen LogP contribution in [0, 0.1) is 5.82 Å². The van der Waals surface area contributed by atoms with Gasteiger partial charge in [0.2, 0.25) is 0 Å². The molecule has 0 bridgehead atoms. The number of fused-ring (bicyclic) bond motifs is 1. The largest absolute Gasteiger partial charge is 0.435 e. The van der Waals surface area contributed by atoms with Crippen molar-refractivity contribution in [3.8, 4) is 0 Å². The van der Waals surface area contributed by atoms with Crippen LogP contribution < -0.4 is 5.73 Å². The molecule has 2 N–H and O–H groups in total. The quantitative estimate of drug-likeness (QED) is 0.802. The van der Waals surface area contributed by atoms with Crippen molar-refractivity contribution in [1.29, 1.82) is 0 Å². The van der Waals surface area contributed by atoms with Crippen LogP contribution in [-0.2, 0) is 11.7 Å². The van der Waals surface area contributed by atoms with Crippen LogP contribution in [0.2, 0.25) is 0 Å². The maximum Gasteiger partial charge on any atom is 0.435 e. The summed E-state index contributed by atoms with van der Waals surface area (Å²) in [5.41, 5.74) is 2.79. The summed E-state index contributed by atoms with van der Waals surface area (Å²) >= 11 is 0. The van der Waals surface area contributed by atoms with Gasteiger partial charge in [0.15, 0.2) is 5.69 Å². The van der Waals surface area contributed by atoms with Crippen molar-refractivity contribution < 1.29 is 17.6 Å². The SMILES string of the molecule is CC(C)(N)c1nc(C(F)(F)F)c2c(F)cccn12. The van der Waals surface area contributed by atoms with Crippen molar-refractivity contribution in [2.75, 3.05) is 0 Å². The normalized spacial score (nSPS) is 13.3. The molecule has 18 heavy (non-hydrogen) atoms. The molecular weight excluding hydrogens is 250 g/mol. The monoisotopic (exact) mass is 261 g/mol. The average molecular weight is 261 g/mol. The summed E-state index contributed by atoms with van der Waals surface area (Å²) in [5.74, 6) is -1.02. The second-order valence-corrected chi connectivity index (χ2v) is 4.58. The maximum absolute atomic E-state index is 13.6. The average Bonchev–Trinajstić information content (AvgIpc) is 2.56. The second-order valence-electron chi connectivity index (χ2n) is 4.58. The van der Waals surface area contributed by atoms with Crippen LogP contribution in [0.5, 0.6) is 0 Å². The van der Waals surface area contributed by atoms with Gasteiger partial charge < -0.3 is 5.73 Å². The molecule has 0 radical (unpaired) electrons. The third-order valence-corrected chi connectivity index (χ3v) is 2.46. The van der Waals surface area contributed by atoms with Crippen molar-refractivity contribution in [1.82, 2.24) is 9.38 Å². The van der Waals surface area contributed by atoms with Gasteiger partial charge in [0.05, 0.1) is 5.54 Å². The Labute approximate surface area is 100 Å². The van der Waals surface area contributed by atoms with Crippen LogP contribution in [0.3, 0.4) is 0 Å². The molecule has 3 nitrogen and oxygen atoms in total. The third kappa shape index (κ3) is 1.94. The highest BCUT2D eigenvalue weighted by Gasteiger charge is 2.39. The van der Waals surface area contributed by atoms with Crippen LogP contribution in [0.15, 0.2) is 18.3 Å². The van der Waals surface area contributed by atoms with E-state index in [1.807, 2.05) is 0 Å². The van der Waals surface area contributed by atoms with Gasteiger partial charge in [0.1, 0.15) is 17.2 Å². The van der Waals surface area contributed by atoms with Crippen LogP contribution in [0.25, 0.3) is 5.52 Å². The molecule has 98 valence electrons. The number of alkyl halides is 3. The van der Waals surface area contributed by atoms with Gasteiger partial charge in [-0.25, -0.2) is 9.37 Å². The number of halogens is 4. The molecular formula is C11H11F4N3. The minimum absolute atomic E-state index is 0.0377. The number of pyridine rings is 1. The van der Waals surface area contributed by atoms with Gasteiger partial charge in [-0.2, -0.15) is 13.2 Å². The topological polar surface area (TPSA) is 43.3 Å². The first kappa shape index (κ1) is 12.8.